The molecular weight excluding hydrogens is 128 g/mol. The molecule has 7 heavy (non-hydrogen) atoms. The maximum atomic E-state index is 9.56. The largest absolute Gasteiger partial charge is 0.260 e. The molecule has 0 aromatic heterocycles. The van der Waals surface area contributed by atoms with Crippen LogP contribution in [0.3, 0.4) is 0 Å². The molecule has 0 aliphatic rings. The minimum absolute atomic E-state index is 0.611. The predicted octanol–water partition coefficient (Wildman–Crippen LogP) is 0.931. The molecule has 0 spiro atoms. The van der Waals surface area contributed by atoms with E-state index in [0.717, 1.165) is 5.75 Å². The molecule has 0 bridgehead atoms. The fraction of sp³-hybridized carbons (Fsp3) is 1.00. The molecule has 0 amide bonds. The highest BCUT2D eigenvalue weighted by Crippen LogP contribution is 1.58. The number of thiol groups is 1. The first-order valence-corrected chi connectivity index (χ1v) is 4.61. The van der Waals surface area contributed by atoms with E-state index in [1.165, 1.54) is 0 Å². The summed E-state index contributed by atoms with van der Waals surface area (Å²) in [5.41, 5.74) is 0. The molecule has 0 rings (SSSR count). The summed E-state index contributed by atoms with van der Waals surface area (Å²) in [6.07, 6.45) is 3.28. The molecule has 0 aromatic carbocycles. The minimum Gasteiger partial charge on any atom is -0.260 e. The average molecular weight is 140 g/mol. The summed E-state index contributed by atoms with van der Waals surface area (Å²) in [6.45, 7) is 1.99. The van der Waals surface area contributed by atoms with Gasteiger partial charge in [-0.05, 0) is 5.75 Å². The Labute approximate surface area is 53.4 Å². The summed E-state index contributed by atoms with van der Waals surface area (Å²) in [4.78, 5) is 0. The van der Waals surface area contributed by atoms with Crippen molar-refractivity contribution in [3.63, 3.8) is 0 Å². The van der Waals surface area contributed by atoms with Gasteiger partial charge in [-0.15, -0.1) is 0 Å². The molecule has 0 fully saturated rings. The molecule has 0 aromatic rings. The van der Waals surface area contributed by atoms with Crippen molar-refractivity contribution in [3.05, 3.63) is 0 Å². The van der Waals surface area contributed by atoms with Gasteiger partial charge in [-0.1, -0.05) is 6.92 Å². The number of hydrogen-bond acceptors (Lipinski definition) is 2. The number of rotatable bonds is 0. The highest BCUT2D eigenvalue weighted by atomic mass is 32.2. The molecule has 0 aliphatic heterocycles. The first-order chi connectivity index (χ1) is 3.15. The average Bonchev–Trinajstić information content (AvgIpc) is 1.33. The van der Waals surface area contributed by atoms with Crippen LogP contribution in [0.4, 0.5) is 0 Å². The van der Waals surface area contributed by atoms with Crippen LogP contribution >= 0.6 is 12.6 Å². The Bertz CT molecular complexity index is 41.0. The van der Waals surface area contributed by atoms with Crippen molar-refractivity contribution in [1.82, 2.24) is 0 Å². The Balaban J connectivity index is 0. The van der Waals surface area contributed by atoms with E-state index in [0.29, 0.717) is 0 Å². The molecule has 0 atom stereocenters. The Kier molecular flexibility index (Phi) is 14.5. The Morgan fingerprint density at radius 2 is 1.57 bits per heavy atom. The summed E-state index contributed by atoms with van der Waals surface area (Å²) in [6, 6.07) is 0. The van der Waals surface area contributed by atoms with E-state index in [1.54, 1.807) is 12.5 Å². The lowest BCUT2D eigenvalue weighted by molar-refractivity contribution is 0.690. The number of hydrogen-bond donors (Lipinski definition) is 1. The highest BCUT2D eigenvalue weighted by Gasteiger charge is 1.57. The third kappa shape index (κ3) is 527. The Morgan fingerprint density at radius 3 is 1.57 bits per heavy atom. The predicted molar refractivity (Wildman–Crippen MR) is 39.5 cm³/mol. The van der Waals surface area contributed by atoms with E-state index in [1.807, 2.05) is 6.92 Å². The zero-order chi connectivity index (χ0) is 6.28. The normalized spacial score (nSPS) is 7.57. The summed E-state index contributed by atoms with van der Waals surface area (Å²) in [5.74, 6) is 0.944. The van der Waals surface area contributed by atoms with Crippen molar-refractivity contribution in [3.8, 4) is 0 Å². The lowest BCUT2D eigenvalue weighted by Gasteiger charge is -1.60. The van der Waals surface area contributed by atoms with E-state index in [-0.39, 0.29) is 0 Å². The fourth-order valence-electron chi connectivity index (χ4n) is 0. The topological polar surface area (TPSA) is 17.1 Å². The van der Waals surface area contributed by atoms with Crippen molar-refractivity contribution >= 4 is 23.4 Å². The van der Waals surface area contributed by atoms with E-state index in [9.17, 15) is 4.21 Å². The van der Waals surface area contributed by atoms with Crippen molar-refractivity contribution in [1.29, 1.82) is 0 Å². The van der Waals surface area contributed by atoms with Gasteiger partial charge < -0.3 is 0 Å². The first kappa shape index (κ1) is 10.5. The van der Waals surface area contributed by atoms with Gasteiger partial charge >= 0.3 is 0 Å². The van der Waals surface area contributed by atoms with Crippen LogP contribution in [-0.4, -0.2) is 22.5 Å². The Hall–Kier alpha value is 0.500. The maximum Gasteiger partial charge on any atom is 0.0148 e. The van der Waals surface area contributed by atoms with Gasteiger partial charge in [-0.2, -0.15) is 12.6 Å². The first-order valence-electron chi connectivity index (χ1n) is 2.01. The van der Waals surface area contributed by atoms with Gasteiger partial charge in [-0.25, -0.2) is 0 Å². The van der Waals surface area contributed by atoms with Gasteiger partial charge in [0.05, 0.1) is 0 Å². The van der Waals surface area contributed by atoms with Crippen LogP contribution in [0.5, 0.6) is 0 Å². The summed E-state index contributed by atoms with van der Waals surface area (Å²) in [5, 5.41) is 0. The molecule has 0 N–H and O–H groups in total. The van der Waals surface area contributed by atoms with Crippen LogP contribution in [-0.2, 0) is 10.8 Å². The molecule has 0 unspecified atom stereocenters. The SMILES string of the molecule is CCS.CS(C)=O. The third-order valence-electron chi connectivity index (χ3n) is 0. The van der Waals surface area contributed by atoms with E-state index < -0.39 is 10.8 Å². The molecule has 3 heteroatoms. The third-order valence-corrected chi connectivity index (χ3v) is 0. The van der Waals surface area contributed by atoms with Crippen molar-refractivity contribution in [2.75, 3.05) is 18.3 Å². The van der Waals surface area contributed by atoms with Gasteiger partial charge in [0.25, 0.3) is 0 Å². The van der Waals surface area contributed by atoms with Crippen molar-refractivity contribution < 1.29 is 4.21 Å². The summed E-state index contributed by atoms with van der Waals surface area (Å²) >= 11 is 3.79. The molecule has 0 saturated heterocycles. The molecule has 0 aliphatic carbocycles. The highest BCUT2D eigenvalue weighted by molar-refractivity contribution is 7.83. The zero-order valence-electron chi connectivity index (χ0n) is 4.97. The van der Waals surface area contributed by atoms with Gasteiger partial charge in [-0.3, -0.25) is 4.21 Å². The summed E-state index contributed by atoms with van der Waals surface area (Å²) < 4.78 is 9.56. The van der Waals surface area contributed by atoms with Crippen LogP contribution in [0.15, 0.2) is 0 Å². The fourth-order valence-corrected chi connectivity index (χ4v) is 0. The van der Waals surface area contributed by atoms with Gasteiger partial charge in [0, 0.05) is 23.3 Å². The van der Waals surface area contributed by atoms with Crippen LogP contribution in [0.2, 0.25) is 0 Å². The van der Waals surface area contributed by atoms with Crippen molar-refractivity contribution in [2.45, 2.75) is 6.92 Å². The van der Waals surface area contributed by atoms with E-state index in [2.05, 4.69) is 12.6 Å². The quantitative estimate of drug-likeness (QED) is 0.495. The van der Waals surface area contributed by atoms with Crippen LogP contribution in [0, 0.1) is 0 Å². The summed E-state index contributed by atoms with van der Waals surface area (Å²) in [7, 11) is -0.611. The van der Waals surface area contributed by atoms with E-state index in [4.69, 9.17) is 0 Å². The van der Waals surface area contributed by atoms with Gasteiger partial charge in [0.15, 0.2) is 0 Å². The van der Waals surface area contributed by atoms with Crippen molar-refractivity contribution in [2.24, 2.45) is 0 Å². The monoisotopic (exact) mass is 140 g/mol. The molecular formula is C4H12OS2. The molecule has 0 saturated carbocycles. The van der Waals surface area contributed by atoms with Crippen LogP contribution in [0.1, 0.15) is 6.92 Å². The lowest BCUT2D eigenvalue weighted by Crippen LogP contribution is -1.70. The zero-order valence-corrected chi connectivity index (χ0v) is 6.68. The van der Waals surface area contributed by atoms with Crippen LogP contribution < -0.4 is 0 Å². The second-order valence-electron chi connectivity index (χ2n) is 1.06. The second-order valence-corrected chi connectivity index (χ2v) is 3.17. The lowest BCUT2D eigenvalue weighted by atomic mass is 11.0. The minimum atomic E-state index is -0.611. The van der Waals surface area contributed by atoms with Gasteiger partial charge in [0.1, 0.15) is 0 Å². The Morgan fingerprint density at radius 1 is 1.57 bits per heavy atom. The molecule has 1 nitrogen and oxygen atoms in total. The standard InChI is InChI=1S/C2H6OS.C2H6S/c1-4(2)3;1-2-3/h1-2H3;3H,2H2,1H3. The van der Waals surface area contributed by atoms with E-state index >= 15 is 0 Å². The molecule has 0 radical (unpaired) electrons. The molecule has 46 valence electrons. The molecule has 0 heterocycles. The van der Waals surface area contributed by atoms with Crippen LogP contribution in [0.25, 0.3) is 0 Å². The smallest absolute Gasteiger partial charge is 0.0148 e. The second kappa shape index (κ2) is 9.71. The maximum absolute atomic E-state index is 9.56. The van der Waals surface area contributed by atoms with Gasteiger partial charge in [0.2, 0.25) is 0 Å².